The Labute approximate surface area is 148 Å². The molecule has 0 bridgehead atoms. The van der Waals surface area contributed by atoms with E-state index in [1.807, 2.05) is 31.2 Å². The third-order valence-electron chi connectivity index (χ3n) is 5.31. The van der Waals surface area contributed by atoms with Crippen LogP contribution in [-0.2, 0) is 9.59 Å². The molecule has 0 unspecified atom stereocenters. The fourth-order valence-electron chi connectivity index (χ4n) is 4.11. The van der Waals surface area contributed by atoms with E-state index in [4.69, 9.17) is 0 Å². The third kappa shape index (κ3) is 4.58. The van der Waals surface area contributed by atoms with Gasteiger partial charge in [-0.3, -0.25) is 14.5 Å². The van der Waals surface area contributed by atoms with Crippen LogP contribution in [0.15, 0.2) is 24.3 Å². The molecule has 2 fully saturated rings. The topological polar surface area (TPSA) is 81.7 Å². The quantitative estimate of drug-likeness (QED) is 0.764. The van der Waals surface area contributed by atoms with Crippen molar-refractivity contribution < 1.29 is 14.7 Å². The second-order valence-electron chi connectivity index (χ2n) is 7.47. The molecule has 25 heavy (non-hydrogen) atoms. The van der Waals surface area contributed by atoms with Gasteiger partial charge in [-0.15, -0.1) is 0 Å². The molecular weight excluding hydrogens is 318 g/mol. The van der Waals surface area contributed by atoms with E-state index in [1.165, 1.54) is 6.92 Å². The minimum absolute atomic E-state index is 0.0125. The molecule has 1 aliphatic carbocycles. The highest BCUT2D eigenvalue weighted by molar-refractivity contribution is 5.92. The van der Waals surface area contributed by atoms with Crippen molar-refractivity contribution >= 4 is 17.5 Å². The van der Waals surface area contributed by atoms with E-state index in [0.717, 1.165) is 30.8 Å². The number of anilines is 1. The maximum Gasteiger partial charge on any atom is 0.238 e. The summed E-state index contributed by atoms with van der Waals surface area (Å²) < 4.78 is 0. The Morgan fingerprint density at radius 3 is 2.44 bits per heavy atom. The molecule has 3 rings (SSSR count). The van der Waals surface area contributed by atoms with Crippen molar-refractivity contribution in [2.75, 3.05) is 25.0 Å². The molecule has 2 amide bonds. The molecule has 1 saturated heterocycles. The van der Waals surface area contributed by atoms with E-state index in [9.17, 15) is 14.7 Å². The predicted octanol–water partition coefficient (Wildman–Crippen LogP) is 1.14. The summed E-state index contributed by atoms with van der Waals surface area (Å²) in [7, 11) is 0. The number of aliphatic hydroxyl groups excluding tert-OH is 1. The van der Waals surface area contributed by atoms with Gasteiger partial charge in [-0.05, 0) is 43.7 Å². The Bertz CT molecular complexity index is 631. The first kappa shape index (κ1) is 17.9. The van der Waals surface area contributed by atoms with E-state index in [-0.39, 0.29) is 17.9 Å². The zero-order valence-corrected chi connectivity index (χ0v) is 14.9. The van der Waals surface area contributed by atoms with Crippen LogP contribution in [-0.4, -0.2) is 53.6 Å². The molecule has 1 saturated carbocycles. The number of amides is 2. The molecule has 6 heteroatoms. The monoisotopic (exact) mass is 345 g/mol. The number of aryl methyl sites for hydroxylation is 1. The fourth-order valence-corrected chi connectivity index (χ4v) is 4.11. The lowest BCUT2D eigenvalue weighted by molar-refractivity contribution is -0.121. The van der Waals surface area contributed by atoms with Gasteiger partial charge in [0.05, 0.1) is 18.7 Å². The highest BCUT2D eigenvalue weighted by Crippen LogP contribution is 2.36. The SMILES string of the molecule is CC(=O)N[C@@H]1C[C@@H]2CN(CC(=O)Nc3ccc(C)cc3)C[C@@H]2C[C@H]1O. The van der Waals surface area contributed by atoms with Gasteiger partial charge in [0.25, 0.3) is 0 Å². The number of fused-ring (bicyclic) bond motifs is 1. The van der Waals surface area contributed by atoms with Crippen molar-refractivity contribution in [2.45, 2.75) is 38.8 Å². The Hall–Kier alpha value is -1.92. The van der Waals surface area contributed by atoms with Crippen LogP contribution in [0.4, 0.5) is 5.69 Å². The number of likely N-dealkylation sites (tertiary alicyclic amines) is 1. The van der Waals surface area contributed by atoms with Gasteiger partial charge in [-0.1, -0.05) is 17.7 Å². The average Bonchev–Trinajstić information content (AvgIpc) is 2.90. The van der Waals surface area contributed by atoms with Crippen LogP contribution in [0.25, 0.3) is 0 Å². The van der Waals surface area contributed by atoms with Crippen molar-refractivity contribution in [1.29, 1.82) is 0 Å². The van der Waals surface area contributed by atoms with Gasteiger partial charge in [0, 0.05) is 25.7 Å². The van der Waals surface area contributed by atoms with Crippen LogP contribution in [0.3, 0.4) is 0 Å². The third-order valence-corrected chi connectivity index (χ3v) is 5.31. The van der Waals surface area contributed by atoms with Crippen molar-refractivity contribution in [1.82, 2.24) is 10.2 Å². The molecule has 1 heterocycles. The van der Waals surface area contributed by atoms with Gasteiger partial charge >= 0.3 is 0 Å². The molecule has 0 spiro atoms. The molecule has 136 valence electrons. The summed E-state index contributed by atoms with van der Waals surface area (Å²) in [4.78, 5) is 25.7. The number of nitrogens with one attached hydrogen (secondary N) is 2. The summed E-state index contributed by atoms with van der Waals surface area (Å²) in [6.45, 7) is 5.53. The number of hydrogen-bond donors (Lipinski definition) is 3. The Balaban J connectivity index is 1.51. The number of benzene rings is 1. The molecule has 1 aromatic rings. The molecular formula is C19H27N3O3. The van der Waals surface area contributed by atoms with Gasteiger partial charge in [0.15, 0.2) is 0 Å². The Kier molecular flexibility index (Phi) is 5.39. The first-order valence-corrected chi connectivity index (χ1v) is 8.94. The van der Waals surface area contributed by atoms with Gasteiger partial charge in [-0.2, -0.15) is 0 Å². The molecule has 4 atom stereocenters. The van der Waals surface area contributed by atoms with Crippen molar-refractivity contribution in [3.05, 3.63) is 29.8 Å². The Morgan fingerprint density at radius 1 is 1.16 bits per heavy atom. The standard InChI is InChI=1S/C19H27N3O3/c1-12-3-5-16(6-4-12)21-19(25)11-22-9-14-7-17(20-13(2)23)18(24)8-15(14)10-22/h3-6,14-15,17-18,24H,7-11H2,1-2H3,(H,20,23)(H,21,25)/t14-,15+,17-,18-/m1/s1. The van der Waals surface area contributed by atoms with Gasteiger partial charge < -0.3 is 15.7 Å². The second kappa shape index (κ2) is 7.54. The lowest BCUT2D eigenvalue weighted by atomic mass is 9.77. The molecule has 2 aliphatic rings. The summed E-state index contributed by atoms with van der Waals surface area (Å²) in [5.41, 5.74) is 1.97. The van der Waals surface area contributed by atoms with Gasteiger partial charge in [0.1, 0.15) is 0 Å². The van der Waals surface area contributed by atoms with E-state index < -0.39 is 6.10 Å². The summed E-state index contributed by atoms with van der Waals surface area (Å²) in [5, 5.41) is 16.0. The minimum Gasteiger partial charge on any atom is -0.391 e. The van der Waals surface area contributed by atoms with E-state index >= 15 is 0 Å². The van der Waals surface area contributed by atoms with Crippen molar-refractivity contribution in [2.24, 2.45) is 11.8 Å². The van der Waals surface area contributed by atoms with Crippen LogP contribution in [0.2, 0.25) is 0 Å². The maximum absolute atomic E-state index is 12.3. The van der Waals surface area contributed by atoms with Gasteiger partial charge in [0.2, 0.25) is 11.8 Å². The first-order chi connectivity index (χ1) is 11.9. The molecule has 0 radical (unpaired) electrons. The fraction of sp³-hybridized carbons (Fsp3) is 0.579. The zero-order chi connectivity index (χ0) is 18.0. The van der Waals surface area contributed by atoms with E-state index in [1.54, 1.807) is 0 Å². The summed E-state index contributed by atoms with van der Waals surface area (Å²) >= 11 is 0. The molecule has 1 aliphatic heterocycles. The number of rotatable bonds is 4. The predicted molar refractivity (Wildman–Crippen MR) is 96.1 cm³/mol. The number of nitrogens with zero attached hydrogens (tertiary/aromatic N) is 1. The van der Waals surface area contributed by atoms with Crippen molar-refractivity contribution in [3.8, 4) is 0 Å². The lowest BCUT2D eigenvalue weighted by Crippen LogP contribution is -2.48. The highest BCUT2D eigenvalue weighted by Gasteiger charge is 2.42. The number of carbonyl (C=O) groups excluding carboxylic acids is 2. The number of carbonyl (C=O) groups is 2. The molecule has 1 aromatic carbocycles. The lowest BCUT2D eigenvalue weighted by Gasteiger charge is -2.35. The van der Waals surface area contributed by atoms with E-state index in [0.29, 0.717) is 24.8 Å². The average molecular weight is 345 g/mol. The Morgan fingerprint density at radius 2 is 1.80 bits per heavy atom. The van der Waals surface area contributed by atoms with Crippen LogP contribution in [0, 0.1) is 18.8 Å². The van der Waals surface area contributed by atoms with E-state index in [2.05, 4.69) is 15.5 Å². The highest BCUT2D eigenvalue weighted by atomic mass is 16.3. The number of hydrogen-bond acceptors (Lipinski definition) is 4. The molecule has 3 N–H and O–H groups in total. The van der Waals surface area contributed by atoms with Crippen LogP contribution >= 0.6 is 0 Å². The smallest absolute Gasteiger partial charge is 0.238 e. The second-order valence-corrected chi connectivity index (χ2v) is 7.47. The molecule has 0 aromatic heterocycles. The van der Waals surface area contributed by atoms with Crippen LogP contribution in [0.5, 0.6) is 0 Å². The maximum atomic E-state index is 12.3. The summed E-state index contributed by atoms with van der Waals surface area (Å²) in [5.74, 6) is 0.705. The normalized spacial score (nSPS) is 29.1. The molecule has 6 nitrogen and oxygen atoms in total. The van der Waals surface area contributed by atoms with Crippen LogP contribution < -0.4 is 10.6 Å². The van der Waals surface area contributed by atoms with Crippen molar-refractivity contribution in [3.63, 3.8) is 0 Å². The first-order valence-electron chi connectivity index (χ1n) is 8.94. The number of aliphatic hydroxyl groups is 1. The van der Waals surface area contributed by atoms with Gasteiger partial charge in [-0.25, -0.2) is 0 Å². The van der Waals surface area contributed by atoms with Crippen LogP contribution in [0.1, 0.15) is 25.3 Å². The minimum atomic E-state index is -0.494. The summed E-state index contributed by atoms with van der Waals surface area (Å²) in [6, 6.07) is 7.60. The summed E-state index contributed by atoms with van der Waals surface area (Å²) in [6.07, 6.45) is 0.971. The largest absolute Gasteiger partial charge is 0.391 e. The zero-order valence-electron chi connectivity index (χ0n) is 14.9.